The van der Waals surface area contributed by atoms with E-state index in [9.17, 15) is 4.79 Å². The van der Waals surface area contributed by atoms with Crippen LogP contribution in [-0.4, -0.2) is 41.4 Å². The molecule has 0 saturated heterocycles. The van der Waals surface area contributed by atoms with Gasteiger partial charge >= 0.3 is 5.97 Å². The maximum atomic E-state index is 10.8. The number of carbonyl (C=O) groups is 1. The smallest absolute Gasteiger partial charge is 0.303 e. The number of hydrogen-bond donors (Lipinski definition) is 2. The summed E-state index contributed by atoms with van der Waals surface area (Å²) in [4.78, 5) is 25.4. The number of nitrogens with one attached hydrogen (secondary N) is 1. The van der Waals surface area contributed by atoms with Gasteiger partial charge in [-0.15, -0.1) is 0 Å². The molecule has 0 fully saturated rings. The zero-order chi connectivity index (χ0) is 21.8. The molecule has 0 aliphatic carbocycles. The van der Waals surface area contributed by atoms with Gasteiger partial charge in [0.1, 0.15) is 5.82 Å². The fourth-order valence-corrected chi connectivity index (χ4v) is 3.28. The molecule has 0 amide bonds. The van der Waals surface area contributed by atoms with E-state index in [2.05, 4.69) is 20.1 Å². The lowest BCUT2D eigenvalue weighted by Gasteiger charge is -2.19. The van der Waals surface area contributed by atoms with E-state index in [4.69, 9.17) is 21.2 Å². The van der Waals surface area contributed by atoms with Crippen molar-refractivity contribution in [2.24, 2.45) is 0 Å². The van der Waals surface area contributed by atoms with Crippen LogP contribution in [-0.2, 0) is 11.3 Å². The molecule has 2 aromatic carbocycles. The van der Waals surface area contributed by atoms with Gasteiger partial charge in [0.05, 0.1) is 12.1 Å². The highest BCUT2D eigenvalue weighted by Gasteiger charge is 2.15. The van der Waals surface area contributed by atoms with Gasteiger partial charge in [0.2, 0.25) is 12.7 Å². The quantitative estimate of drug-likeness (QED) is 0.532. The molecular weight excluding hydrogens is 398 g/mol. The van der Waals surface area contributed by atoms with Crippen LogP contribution in [0.5, 0.6) is 11.5 Å². The second kappa shape index (κ2) is 8.75. The fraction of sp³-hybridized carbons (Fsp3) is 0.273. The lowest BCUT2D eigenvalue weighted by Crippen LogP contribution is -2.22. The summed E-state index contributed by atoms with van der Waals surface area (Å²) in [5, 5.41) is 13.0. The van der Waals surface area contributed by atoms with Crippen molar-refractivity contribution >= 4 is 34.3 Å². The Morgan fingerprint density at radius 3 is 2.87 bits per heavy atom. The van der Waals surface area contributed by atoms with Crippen molar-refractivity contribution in [1.82, 2.24) is 9.97 Å². The first-order valence-electron chi connectivity index (χ1n) is 9.78. The number of fused-ring (bicyclic) bond motifs is 2. The van der Waals surface area contributed by atoms with Gasteiger partial charge < -0.3 is 24.8 Å². The summed E-state index contributed by atoms with van der Waals surface area (Å²) in [6.45, 7) is 8.53. The van der Waals surface area contributed by atoms with Crippen LogP contribution in [0.1, 0.15) is 18.4 Å². The van der Waals surface area contributed by atoms with E-state index in [1.807, 2.05) is 30.1 Å². The number of hydrogen-bond acceptors (Lipinski definition) is 7. The van der Waals surface area contributed by atoms with Crippen molar-refractivity contribution in [3.63, 3.8) is 0 Å². The molecule has 9 heteroatoms. The Morgan fingerprint density at radius 2 is 2.06 bits per heavy atom. The SMILES string of the molecule is [C-]#[N+]c1ccc2nc(N(C)CCCC(=O)O)nc(NCc3ccc4c(c3)OCO4)c2c1. The first kappa shape index (κ1) is 20.2. The number of benzene rings is 2. The van der Waals surface area contributed by atoms with Gasteiger partial charge in [-0.1, -0.05) is 12.1 Å². The first-order chi connectivity index (χ1) is 15.0. The second-order valence-corrected chi connectivity index (χ2v) is 7.15. The third-order valence-electron chi connectivity index (χ3n) is 4.92. The standard InChI is InChI=1S/C22H21N5O4/c1-23-15-6-7-17-16(11-15)21(26-22(25-17)27(2)9-3-4-20(28)29)24-12-14-5-8-18-19(10-14)31-13-30-18/h5-8,10-11H,3-4,9,12-13H2,2H3,(H,28,29)(H,24,25,26). The zero-order valence-electron chi connectivity index (χ0n) is 17.0. The third kappa shape index (κ3) is 4.59. The highest BCUT2D eigenvalue weighted by atomic mass is 16.7. The molecule has 158 valence electrons. The van der Waals surface area contributed by atoms with Crippen LogP contribution in [0, 0.1) is 6.57 Å². The second-order valence-electron chi connectivity index (χ2n) is 7.15. The Labute approximate surface area is 179 Å². The largest absolute Gasteiger partial charge is 0.481 e. The number of rotatable bonds is 8. The van der Waals surface area contributed by atoms with Crippen LogP contribution in [0.15, 0.2) is 36.4 Å². The normalized spacial score (nSPS) is 11.9. The molecule has 0 atom stereocenters. The van der Waals surface area contributed by atoms with Crippen LogP contribution in [0.25, 0.3) is 15.7 Å². The highest BCUT2D eigenvalue weighted by Crippen LogP contribution is 2.33. The molecule has 2 heterocycles. The number of ether oxygens (including phenoxy) is 2. The predicted octanol–water partition coefficient (Wildman–Crippen LogP) is 3.82. The van der Waals surface area contributed by atoms with E-state index >= 15 is 0 Å². The monoisotopic (exact) mass is 419 g/mol. The summed E-state index contributed by atoms with van der Waals surface area (Å²) in [6.07, 6.45) is 0.575. The number of carboxylic acid groups (broad SMARTS) is 1. The fourth-order valence-electron chi connectivity index (χ4n) is 3.28. The van der Waals surface area contributed by atoms with Crippen molar-refractivity contribution in [2.75, 3.05) is 30.6 Å². The Kier molecular flexibility index (Phi) is 5.71. The number of carboxylic acids is 1. The third-order valence-corrected chi connectivity index (χ3v) is 4.92. The highest BCUT2D eigenvalue weighted by molar-refractivity contribution is 5.92. The van der Waals surface area contributed by atoms with Gasteiger partial charge in [-0.3, -0.25) is 4.79 Å². The van der Waals surface area contributed by atoms with E-state index in [0.29, 0.717) is 48.2 Å². The summed E-state index contributed by atoms with van der Waals surface area (Å²) >= 11 is 0. The van der Waals surface area contributed by atoms with Crippen LogP contribution in [0.4, 0.5) is 17.5 Å². The van der Waals surface area contributed by atoms with Gasteiger partial charge in [0.25, 0.3) is 0 Å². The number of nitrogens with zero attached hydrogens (tertiary/aromatic N) is 4. The lowest BCUT2D eigenvalue weighted by molar-refractivity contribution is -0.137. The summed E-state index contributed by atoms with van der Waals surface area (Å²) in [6, 6.07) is 11.0. The zero-order valence-corrected chi connectivity index (χ0v) is 17.0. The maximum Gasteiger partial charge on any atom is 0.303 e. The van der Waals surface area contributed by atoms with Crippen molar-refractivity contribution in [2.45, 2.75) is 19.4 Å². The van der Waals surface area contributed by atoms with E-state index in [1.165, 1.54) is 0 Å². The molecule has 0 unspecified atom stereocenters. The topological polar surface area (TPSA) is 101 Å². The molecule has 1 aromatic heterocycles. The molecular formula is C22H21N5O4. The van der Waals surface area contributed by atoms with Gasteiger partial charge in [-0.2, -0.15) is 4.98 Å². The van der Waals surface area contributed by atoms with E-state index in [0.717, 1.165) is 16.7 Å². The molecule has 9 nitrogen and oxygen atoms in total. The van der Waals surface area contributed by atoms with Gasteiger partial charge in [0, 0.05) is 31.9 Å². The molecule has 0 radical (unpaired) electrons. The Hall–Kier alpha value is -4.06. The average Bonchev–Trinajstić information content (AvgIpc) is 3.24. The molecule has 1 aliphatic heterocycles. The van der Waals surface area contributed by atoms with Crippen LogP contribution >= 0.6 is 0 Å². The molecule has 31 heavy (non-hydrogen) atoms. The minimum atomic E-state index is -0.828. The first-order valence-corrected chi connectivity index (χ1v) is 9.78. The van der Waals surface area contributed by atoms with Crippen molar-refractivity contribution in [3.8, 4) is 11.5 Å². The molecule has 0 spiro atoms. The minimum Gasteiger partial charge on any atom is -0.481 e. The van der Waals surface area contributed by atoms with Gasteiger partial charge in [0.15, 0.2) is 17.2 Å². The molecule has 1 aliphatic rings. The van der Waals surface area contributed by atoms with Crippen molar-refractivity contribution in [1.29, 1.82) is 0 Å². The Morgan fingerprint density at radius 1 is 1.23 bits per heavy atom. The molecule has 0 bridgehead atoms. The lowest BCUT2D eigenvalue weighted by atomic mass is 10.2. The van der Waals surface area contributed by atoms with Crippen LogP contribution < -0.4 is 19.7 Å². The van der Waals surface area contributed by atoms with Crippen molar-refractivity contribution < 1.29 is 19.4 Å². The summed E-state index contributed by atoms with van der Waals surface area (Å²) < 4.78 is 10.8. The summed E-state index contributed by atoms with van der Waals surface area (Å²) in [5.41, 5.74) is 2.20. The maximum absolute atomic E-state index is 10.8. The van der Waals surface area contributed by atoms with Gasteiger partial charge in [-0.05, 0) is 36.2 Å². The molecule has 2 N–H and O–H groups in total. The average molecular weight is 419 g/mol. The predicted molar refractivity (Wildman–Crippen MR) is 116 cm³/mol. The van der Waals surface area contributed by atoms with Crippen LogP contribution in [0.3, 0.4) is 0 Å². The Bertz CT molecular complexity index is 1170. The Balaban J connectivity index is 1.61. The molecule has 3 aromatic rings. The number of aromatic nitrogens is 2. The van der Waals surface area contributed by atoms with Gasteiger partial charge in [-0.25, -0.2) is 9.83 Å². The minimum absolute atomic E-state index is 0.0848. The molecule has 0 saturated carbocycles. The summed E-state index contributed by atoms with van der Waals surface area (Å²) in [5.74, 6) is 1.70. The number of aliphatic carboxylic acids is 1. The van der Waals surface area contributed by atoms with E-state index in [-0.39, 0.29) is 13.2 Å². The summed E-state index contributed by atoms with van der Waals surface area (Å²) in [7, 11) is 1.83. The van der Waals surface area contributed by atoms with E-state index < -0.39 is 5.97 Å². The van der Waals surface area contributed by atoms with Crippen LogP contribution in [0.2, 0.25) is 0 Å². The number of anilines is 2. The molecule has 4 rings (SSSR count). The van der Waals surface area contributed by atoms with E-state index in [1.54, 1.807) is 18.2 Å². The van der Waals surface area contributed by atoms with Crippen molar-refractivity contribution in [3.05, 3.63) is 53.4 Å².